The molecule has 2 saturated heterocycles. The molecule has 0 bridgehead atoms. The van der Waals surface area contributed by atoms with Crippen molar-refractivity contribution in [3.05, 3.63) is 35.4 Å². The van der Waals surface area contributed by atoms with E-state index in [-0.39, 0.29) is 5.56 Å². The van der Waals surface area contributed by atoms with Gasteiger partial charge in [0.25, 0.3) is 6.43 Å². The molecule has 0 spiro atoms. The van der Waals surface area contributed by atoms with E-state index in [1.54, 1.807) is 12.1 Å². The van der Waals surface area contributed by atoms with E-state index in [1.165, 1.54) is 12.5 Å². The van der Waals surface area contributed by atoms with Gasteiger partial charge in [-0.1, -0.05) is 18.2 Å². The first kappa shape index (κ1) is 14.9. The molecule has 3 rings (SSSR count). The van der Waals surface area contributed by atoms with Gasteiger partial charge < -0.3 is 5.32 Å². The van der Waals surface area contributed by atoms with E-state index in [9.17, 15) is 8.78 Å². The molecule has 21 heavy (non-hydrogen) atoms. The van der Waals surface area contributed by atoms with Gasteiger partial charge in [-0.2, -0.15) is 0 Å². The number of hydrogen-bond donors (Lipinski definition) is 1. The zero-order valence-electron chi connectivity index (χ0n) is 12.3. The van der Waals surface area contributed by atoms with E-state index < -0.39 is 6.43 Å². The number of rotatable bonds is 4. The fraction of sp³-hybridized carbons (Fsp3) is 0.625. The smallest absolute Gasteiger partial charge is 0.263 e. The Labute approximate surface area is 124 Å². The molecular weight excluding hydrogens is 272 g/mol. The van der Waals surface area contributed by atoms with Crippen LogP contribution in [0.1, 0.15) is 24.0 Å². The Bertz CT molecular complexity index is 453. The van der Waals surface area contributed by atoms with Crippen molar-refractivity contribution in [2.75, 3.05) is 39.3 Å². The Kier molecular flexibility index (Phi) is 4.83. The fourth-order valence-electron chi connectivity index (χ4n) is 3.32. The largest absolute Gasteiger partial charge is 0.315 e. The highest BCUT2D eigenvalue weighted by atomic mass is 19.3. The average molecular weight is 295 g/mol. The maximum Gasteiger partial charge on any atom is 0.263 e. The predicted molar refractivity (Wildman–Crippen MR) is 79.5 cm³/mol. The SMILES string of the molecule is FC(F)c1cccc(CN2CCN(C3CCNC3)CC2)c1. The van der Waals surface area contributed by atoms with Crippen LogP contribution in [-0.2, 0) is 6.54 Å². The van der Waals surface area contributed by atoms with Gasteiger partial charge >= 0.3 is 0 Å². The maximum absolute atomic E-state index is 12.7. The summed E-state index contributed by atoms with van der Waals surface area (Å²) in [7, 11) is 0. The van der Waals surface area contributed by atoms with Gasteiger partial charge in [0, 0.05) is 50.9 Å². The van der Waals surface area contributed by atoms with E-state index in [0.29, 0.717) is 6.04 Å². The van der Waals surface area contributed by atoms with Crippen LogP contribution < -0.4 is 5.32 Å². The van der Waals surface area contributed by atoms with Crippen molar-refractivity contribution in [3.8, 4) is 0 Å². The molecule has 0 aromatic heterocycles. The monoisotopic (exact) mass is 295 g/mol. The lowest BCUT2D eigenvalue weighted by Gasteiger charge is -2.37. The molecular formula is C16H23F2N3. The van der Waals surface area contributed by atoms with Crippen LogP contribution in [0.15, 0.2) is 24.3 Å². The minimum absolute atomic E-state index is 0.128. The second kappa shape index (κ2) is 6.81. The summed E-state index contributed by atoms with van der Waals surface area (Å²) in [5, 5.41) is 3.41. The maximum atomic E-state index is 12.7. The zero-order chi connectivity index (χ0) is 14.7. The number of halogens is 2. The van der Waals surface area contributed by atoms with Gasteiger partial charge in [0.15, 0.2) is 0 Å². The van der Waals surface area contributed by atoms with Crippen LogP contribution in [0.4, 0.5) is 8.78 Å². The predicted octanol–water partition coefficient (Wildman–Crippen LogP) is 2.10. The molecule has 0 aliphatic carbocycles. The van der Waals surface area contributed by atoms with Gasteiger partial charge in [0.2, 0.25) is 0 Å². The quantitative estimate of drug-likeness (QED) is 0.918. The average Bonchev–Trinajstić information content (AvgIpc) is 3.02. The van der Waals surface area contributed by atoms with Gasteiger partial charge in [-0.25, -0.2) is 8.78 Å². The van der Waals surface area contributed by atoms with Crippen molar-refractivity contribution in [1.29, 1.82) is 0 Å². The molecule has 0 saturated carbocycles. The van der Waals surface area contributed by atoms with Crippen LogP contribution in [-0.4, -0.2) is 55.1 Å². The van der Waals surface area contributed by atoms with Gasteiger partial charge in [0.05, 0.1) is 0 Å². The molecule has 2 fully saturated rings. The van der Waals surface area contributed by atoms with E-state index in [0.717, 1.165) is 51.4 Å². The first-order valence-electron chi connectivity index (χ1n) is 7.76. The van der Waals surface area contributed by atoms with E-state index in [2.05, 4.69) is 15.1 Å². The standard InChI is InChI=1S/C16H23F2N3/c17-16(18)14-3-1-2-13(10-14)12-20-6-8-21(9-7-20)15-4-5-19-11-15/h1-3,10,15-16,19H,4-9,11-12H2. The van der Waals surface area contributed by atoms with Crippen molar-refractivity contribution in [2.45, 2.75) is 25.4 Å². The summed E-state index contributed by atoms with van der Waals surface area (Å²) >= 11 is 0. The number of benzene rings is 1. The molecule has 116 valence electrons. The topological polar surface area (TPSA) is 18.5 Å². The van der Waals surface area contributed by atoms with Gasteiger partial charge in [-0.3, -0.25) is 9.80 Å². The molecule has 5 heteroatoms. The molecule has 2 aliphatic rings. The summed E-state index contributed by atoms with van der Waals surface area (Å²) in [5.41, 5.74) is 1.12. The van der Waals surface area contributed by atoms with Gasteiger partial charge in [-0.15, -0.1) is 0 Å². The lowest BCUT2D eigenvalue weighted by atomic mass is 10.1. The zero-order valence-corrected chi connectivity index (χ0v) is 12.3. The number of alkyl halides is 2. The molecule has 1 aromatic carbocycles. The van der Waals surface area contributed by atoms with Crippen molar-refractivity contribution < 1.29 is 8.78 Å². The summed E-state index contributed by atoms with van der Waals surface area (Å²) in [4.78, 5) is 4.93. The van der Waals surface area contributed by atoms with Crippen LogP contribution >= 0.6 is 0 Å². The second-order valence-corrected chi connectivity index (χ2v) is 6.00. The minimum Gasteiger partial charge on any atom is -0.315 e. The highest BCUT2D eigenvalue weighted by Crippen LogP contribution is 2.20. The summed E-state index contributed by atoms with van der Waals surface area (Å²) in [6, 6.07) is 7.50. The molecule has 3 nitrogen and oxygen atoms in total. The molecule has 2 heterocycles. The molecule has 1 aromatic rings. The van der Waals surface area contributed by atoms with Crippen molar-refractivity contribution in [3.63, 3.8) is 0 Å². The Balaban J connectivity index is 1.52. The van der Waals surface area contributed by atoms with Crippen LogP contribution in [0.2, 0.25) is 0 Å². The first-order valence-corrected chi connectivity index (χ1v) is 7.76. The van der Waals surface area contributed by atoms with E-state index in [1.807, 2.05) is 6.07 Å². The molecule has 0 amide bonds. The third kappa shape index (κ3) is 3.78. The third-order valence-electron chi connectivity index (χ3n) is 4.57. The lowest BCUT2D eigenvalue weighted by Crippen LogP contribution is -2.50. The fourth-order valence-corrected chi connectivity index (χ4v) is 3.32. The summed E-state index contributed by atoms with van der Waals surface area (Å²) < 4.78 is 25.4. The highest BCUT2D eigenvalue weighted by molar-refractivity contribution is 5.24. The Morgan fingerprint density at radius 1 is 1.19 bits per heavy atom. The number of hydrogen-bond acceptors (Lipinski definition) is 3. The van der Waals surface area contributed by atoms with Gasteiger partial charge in [0.1, 0.15) is 0 Å². The number of piperazine rings is 1. The Morgan fingerprint density at radius 2 is 2.00 bits per heavy atom. The normalized spacial score (nSPS) is 24.8. The van der Waals surface area contributed by atoms with Crippen molar-refractivity contribution >= 4 is 0 Å². The van der Waals surface area contributed by atoms with E-state index in [4.69, 9.17) is 0 Å². The van der Waals surface area contributed by atoms with Crippen LogP contribution in [0.3, 0.4) is 0 Å². The number of nitrogens with one attached hydrogen (secondary N) is 1. The van der Waals surface area contributed by atoms with Gasteiger partial charge in [-0.05, 0) is 24.6 Å². The second-order valence-electron chi connectivity index (χ2n) is 6.00. The lowest BCUT2D eigenvalue weighted by molar-refractivity contribution is 0.0979. The third-order valence-corrected chi connectivity index (χ3v) is 4.57. The molecule has 2 aliphatic heterocycles. The minimum atomic E-state index is -2.38. The summed E-state index contributed by atoms with van der Waals surface area (Å²) in [6.45, 7) is 7.23. The summed E-state index contributed by atoms with van der Waals surface area (Å²) in [5.74, 6) is 0. The van der Waals surface area contributed by atoms with Crippen LogP contribution in [0, 0.1) is 0 Å². The Hall–Kier alpha value is -1.04. The Morgan fingerprint density at radius 3 is 2.67 bits per heavy atom. The van der Waals surface area contributed by atoms with Crippen molar-refractivity contribution in [1.82, 2.24) is 15.1 Å². The molecule has 1 N–H and O–H groups in total. The van der Waals surface area contributed by atoms with Crippen LogP contribution in [0.5, 0.6) is 0 Å². The van der Waals surface area contributed by atoms with E-state index >= 15 is 0 Å². The molecule has 1 atom stereocenters. The molecule has 1 unspecified atom stereocenters. The summed E-state index contributed by atoms with van der Waals surface area (Å²) in [6.07, 6.45) is -1.13. The first-order chi connectivity index (χ1) is 10.2. The molecule has 0 radical (unpaired) electrons. The highest BCUT2D eigenvalue weighted by Gasteiger charge is 2.25. The van der Waals surface area contributed by atoms with Crippen molar-refractivity contribution in [2.24, 2.45) is 0 Å². The van der Waals surface area contributed by atoms with Crippen LogP contribution in [0.25, 0.3) is 0 Å². The number of nitrogens with zero attached hydrogens (tertiary/aromatic N) is 2.